The molecule has 110 valence electrons. The largest absolute Gasteiger partial charge is 0.270 e. The van der Waals surface area contributed by atoms with Crippen LogP contribution in [0.15, 0.2) is 47.6 Å². The van der Waals surface area contributed by atoms with Crippen molar-refractivity contribution < 1.29 is 4.79 Å². The number of hydrogen-bond donors (Lipinski definition) is 0. The number of aryl methyl sites for hydroxylation is 2. The highest BCUT2D eigenvalue weighted by molar-refractivity contribution is 8.27. The van der Waals surface area contributed by atoms with Gasteiger partial charge in [-0.15, -0.1) is 0 Å². The Hall–Kier alpha value is -1.98. The average molecular weight is 326 g/mol. The fourth-order valence-electron chi connectivity index (χ4n) is 2.34. The summed E-state index contributed by atoms with van der Waals surface area (Å²) in [5, 5.41) is 0. The molecule has 1 aliphatic heterocycles. The van der Waals surface area contributed by atoms with Crippen molar-refractivity contribution in [3.05, 3.63) is 64.3 Å². The van der Waals surface area contributed by atoms with E-state index >= 15 is 0 Å². The van der Waals surface area contributed by atoms with Gasteiger partial charge in [0.1, 0.15) is 0 Å². The van der Waals surface area contributed by atoms with Crippen LogP contribution in [0.25, 0.3) is 6.08 Å². The molecule has 2 heterocycles. The molecule has 3 nitrogen and oxygen atoms in total. The normalized spacial score (nSPS) is 16.6. The van der Waals surface area contributed by atoms with Crippen LogP contribution in [0.2, 0.25) is 0 Å². The van der Waals surface area contributed by atoms with Gasteiger partial charge in [0.05, 0.1) is 10.6 Å². The summed E-state index contributed by atoms with van der Waals surface area (Å²) in [5.74, 6) is -0.0706. The number of aromatic nitrogens is 1. The number of nitrogens with zero attached hydrogens (tertiary/aromatic N) is 2. The summed E-state index contributed by atoms with van der Waals surface area (Å²) in [5.41, 5.74) is 4.00. The molecule has 3 rings (SSSR count). The summed E-state index contributed by atoms with van der Waals surface area (Å²) < 4.78 is 0.567. The van der Waals surface area contributed by atoms with Gasteiger partial charge >= 0.3 is 0 Å². The van der Waals surface area contributed by atoms with Crippen molar-refractivity contribution in [2.45, 2.75) is 13.8 Å². The third-order valence-corrected chi connectivity index (χ3v) is 4.69. The number of amides is 1. The Morgan fingerprint density at radius 3 is 2.59 bits per heavy atom. The average Bonchev–Trinajstić information content (AvgIpc) is 2.75. The van der Waals surface area contributed by atoms with Crippen molar-refractivity contribution in [2.75, 3.05) is 4.90 Å². The molecule has 0 radical (unpaired) electrons. The second-order valence-corrected chi connectivity index (χ2v) is 6.76. The number of pyridine rings is 1. The molecule has 1 aromatic carbocycles. The molecule has 5 heteroatoms. The lowest BCUT2D eigenvalue weighted by molar-refractivity contribution is -0.113. The number of thiocarbonyl (C=S) groups is 1. The zero-order chi connectivity index (χ0) is 15.7. The summed E-state index contributed by atoms with van der Waals surface area (Å²) in [7, 11) is 0. The fraction of sp³-hybridized carbons (Fsp3) is 0.118. The van der Waals surface area contributed by atoms with E-state index in [-0.39, 0.29) is 5.91 Å². The lowest BCUT2D eigenvalue weighted by Gasteiger charge is -2.17. The van der Waals surface area contributed by atoms with E-state index in [2.05, 4.69) is 11.1 Å². The van der Waals surface area contributed by atoms with E-state index in [4.69, 9.17) is 12.2 Å². The summed E-state index contributed by atoms with van der Waals surface area (Å²) in [4.78, 5) is 18.9. The van der Waals surface area contributed by atoms with Crippen LogP contribution in [-0.4, -0.2) is 15.2 Å². The Bertz CT molecular complexity index is 785. The molecule has 1 aromatic heterocycles. The number of rotatable bonds is 2. The van der Waals surface area contributed by atoms with Gasteiger partial charge in [0, 0.05) is 12.4 Å². The molecule has 0 spiro atoms. The molecule has 0 N–H and O–H groups in total. The summed E-state index contributed by atoms with van der Waals surface area (Å²) in [6, 6.07) is 9.73. The predicted molar refractivity (Wildman–Crippen MR) is 95.8 cm³/mol. The SMILES string of the molecule is Cc1ccc(N2C(=O)C(=Cc3ccncc3)SC2=S)c(C)c1. The van der Waals surface area contributed by atoms with Crippen LogP contribution in [0.1, 0.15) is 16.7 Å². The number of hydrogen-bond acceptors (Lipinski definition) is 4. The van der Waals surface area contributed by atoms with Crippen LogP contribution in [0, 0.1) is 13.8 Å². The van der Waals surface area contributed by atoms with Crippen molar-refractivity contribution in [1.29, 1.82) is 0 Å². The maximum Gasteiger partial charge on any atom is 0.270 e. The number of benzene rings is 1. The molecule has 1 amide bonds. The van der Waals surface area contributed by atoms with Gasteiger partial charge in [0.15, 0.2) is 4.32 Å². The van der Waals surface area contributed by atoms with Crippen molar-refractivity contribution in [3.8, 4) is 0 Å². The molecule has 0 aliphatic carbocycles. The highest BCUT2D eigenvalue weighted by Crippen LogP contribution is 2.37. The number of carbonyl (C=O) groups excluding carboxylic acids is 1. The first-order valence-electron chi connectivity index (χ1n) is 6.81. The van der Waals surface area contributed by atoms with Crippen LogP contribution in [0.3, 0.4) is 0 Å². The topological polar surface area (TPSA) is 33.2 Å². The molecule has 2 aromatic rings. The third kappa shape index (κ3) is 2.82. The van der Waals surface area contributed by atoms with E-state index in [0.29, 0.717) is 9.23 Å². The zero-order valence-corrected chi connectivity index (χ0v) is 13.9. The van der Waals surface area contributed by atoms with Crippen molar-refractivity contribution >= 4 is 46.0 Å². The summed E-state index contributed by atoms with van der Waals surface area (Å²) in [6.07, 6.45) is 5.26. The van der Waals surface area contributed by atoms with Gasteiger partial charge in [-0.05, 0) is 49.2 Å². The third-order valence-electron chi connectivity index (χ3n) is 3.39. The second-order valence-electron chi connectivity index (χ2n) is 5.09. The minimum absolute atomic E-state index is 0.0706. The molecule has 0 saturated carbocycles. The van der Waals surface area contributed by atoms with E-state index in [1.807, 2.05) is 44.2 Å². The van der Waals surface area contributed by atoms with Gasteiger partial charge in [-0.2, -0.15) is 0 Å². The van der Waals surface area contributed by atoms with Gasteiger partial charge in [-0.3, -0.25) is 14.7 Å². The van der Waals surface area contributed by atoms with Gasteiger partial charge in [-0.25, -0.2) is 0 Å². The summed E-state index contributed by atoms with van der Waals surface area (Å²) in [6.45, 7) is 4.03. The maximum absolute atomic E-state index is 12.7. The van der Waals surface area contributed by atoms with Gasteiger partial charge in [0.25, 0.3) is 5.91 Å². The molecule has 22 heavy (non-hydrogen) atoms. The monoisotopic (exact) mass is 326 g/mol. The minimum atomic E-state index is -0.0706. The van der Waals surface area contributed by atoms with Gasteiger partial charge < -0.3 is 0 Å². The smallest absolute Gasteiger partial charge is 0.268 e. The van der Waals surface area contributed by atoms with Crippen molar-refractivity contribution in [2.24, 2.45) is 0 Å². The lowest BCUT2D eigenvalue weighted by Crippen LogP contribution is -2.28. The molecule has 0 bridgehead atoms. The van der Waals surface area contributed by atoms with Crippen LogP contribution in [0.5, 0.6) is 0 Å². The fourth-order valence-corrected chi connectivity index (χ4v) is 3.63. The molecule has 1 fully saturated rings. The van der Waals surface area contributed by atoms with E-state index < -0.39 is 0 Å². The number of thioether (sulfide) groups is 1. The molecule has 0 unspecified atom stereocenters. The molecular formula is C17H14N2OS2. The second kappa shape index (κ2) is 6.02. The van der Waals surface area contributed by atoms with Crippen LogP contribution in [-0.2, 0) is 4.79 Å². The molecule has 1 saturated heterocycles. The van der Waals surface area contributed by atoms with Crippen LogP contribution < -0.4 is 4.90 Å². The Morgan fingerprint density at radius 1 is 1.18 bits per heavy atom. The number of anilines is 1. The van der Waals surface area contributed by atoms with Gasteiger partial charge in [-0.1, -0.05) is 41.7 Å². The van der Waals surface area contributed by atoms with E-state index in [1.165, 1.54) is 17.3 Å². The maximum atomic E-state index is 12.7. The zero-order valence-electron chi connectivity index (χ0n) is 12.2. The van der Waals surface area contributed by atoms with Crippen molar-refractivity contribution in [1.82, 2.24) is 4.98 Å². The predicted octanol–water partition coefficient (Wildman–Crippen LogP) is 4.10. The Morgan fingerprint density at radius 2 is 1.91 bits per heavy atom. The Balaban J connectivity index is 1.97. The van der Waals surface area contributed by atoms with E-state index in [0.717, 1.165) is 16.8 Å². The highest BCUT2D eigenvalue weighted by atomic mass is 32.2. The van der Waals surface area contributed by atoms with Crippen molar-refractivity contribution in [3.63, 3.8) is 0 Å². The molecular weight excluding hydrogens is 312 g/mol. The first-order valence-corrected chi connectivity index (χ1v) is 8.04. The minimum Gasteiger partial charge on any atom is -0.268 e. The number of carbonyl (C=O) groups is 1. The van der Waals surface area contributed by atoms with E-state index in [9.17, 15) is 4.79 Å². The van der Waals surface area contributed by atoms with Crippen LogP contribution >= 0.6 is 24.0 Å². The Kier molecular flexibility index (Phi) is 4.09. The quantitative estimate of drug-likeness (QED) is 0.614. The Labute approximate surface area is 139 Å². The standard InChI is InChI=1S/C17H14N2OS2/c1-11-3-4-14(12(2)9-11)19-16(20)15(22-17(19)21)10-13-5-7-18-8-6-13/h3-10H,1-2H3. The van der Waals surface area contributed by atoms with Crippen LogP contribution in [0.4, 0.5) is 5.69 Å². The van der Waals surface area contributed by atoms with E-state index in [1.54, 1.807) is 17.3 Å². The molecule has 1 aliphatic rings. The summed E-state index contributed by atoms with van der Waals surface area (Å²) >= 11 is 6.73. The first-order chi connectivity index (χ1) is 10.6. The first kappa shape index (κ1) is 14.9. The lowest BCUT2D eigenvalue weighted by atomic mass is 10.1. The highest BCUT2D eigenvalue weighted by Gasteiger charge is 2.33. The van der Waals surface area contributed by atoms with Gasteiger partial charge in [0.2, 0.25) is 0 Å². The molecule has 0 atom stereocenters.